The van der Waals surface area contributed by atoms with Crippen LogP contribution in [-0.2, 0) is 15.4 Å². The van der Waals surface area contributed by atoms with Crippen molar-refractivity contribution in [2.75, 3.05) is 6.61 Å². The van der Waals surface area contributed by atoms with E-state index in [1.54, 1.807) is 0 Å². The van der Waals surface area contributed by atoms with E-state index in [1.807, 2.05) is 26.8 Å². The summed E-state index contributed by atoms with van der Waals surface area (Å²) >= 11 is 0. The molecule has 180 valence electrons. The standard InChI is InChI=1S/C28H41NO2SSi/c1-8-24(29-32(30)27(2,3)4)20-22-19-23(22)21-31-33(28(5,6)7,25-15-11-9-12-16-25)26-17-13-10-14-18-26/h8-18,22-24,29H,1,19-21H2,2-7H3/t22-,23+,24-,32?/m0/s1. The molecule has 1 unspecified atom stereocenters. The summed E-state index contributed by atoms with van der Waals surface area (Å²) in [4.78, 5) is 0. The summed E-state index contributed by atoms with van der Waals surface area (Å²) in [6.07, 6.45) is 4.02. The molecule has 33 heavy (non-hydrogen) atoms. The highest BCUT2D eigenvalue weighted by atomic mass is 32.2. The molecule has 3 nitrogen and oxygen atoms in total. The minimum atomic E-state index is -2.49. The molecule has 0 radical (unpaired) electrons. The van der Waals surface area contributed by atoms with Crippen molar-refractivity contribution in [2.24, 2.45) is 11.8 Å². The van der Waals surface area contributed by atoms with E-state index in [1.165, 1.54) is 10.4 Å². The van der Waals surface area contributed by atoms with E-state index in [2.05, 4.69) is 92.7 Å². The fourth-order valence-electron chi connectivity index (χ4n) is 4.63. The van der Waals surface area contributed by atoms with Crippen LogP contribution >= 0.6 is 0 Å². The van der Waals surface area contributed by atoms with Crippen LogP contribution in [0.5, 0.6) is 0 Å². The Hall–Kier alpha value is -1.53. The SMILES string of the molecule is C=C[C@@H](C[C@@H]1C[C@@H]1CO[Si](c1ccccc1)(c1ccccc1)C(C)(C)C)NS(=O)C(C)(C)C. The quantitative estimate of drug-likeness (QED) is 0.373. The van der Waals surface area contributed by atoms with E-state index in [0.29, 0.717) is 11.8 Å². The third kappa shape index (κ3) is 6.13. The van der Waals surface area contributed by atoms with E-state index < -0.39 is 19.3 Å². The van der Waals surface area contributed by atoms with E-state index in [9.17, 15) is 4.21 Å². The van der Waals surface area contributed by atoms with Gasteiger partial charge in [-0.3, -0.25) is 0 Å². The molecule has 0 bridgehead atoms. The first-order valence-electron chi connectivity index (χ1n) is 12.0. The molecule has 1 saturated carbocycles. The minimum Gasteiger partial charge on any atom is -0.407 e. The monoisotopic (exact) mass is 483 g/mol. The van der Waals surface area contributed by atoms with Gasteiger partial charge in [0.05, 0.1) is 15.7 Å². The fraction of sp³-hybridized carbons (Fsp3) is 0.500. The molecule has 3 rings (SSSR count). The molecule has 0 amide bonds. The molecule has 0 saturated heterocycles. The van der Waals surface area contributed by atoms with Gasteiger partial charge < -0.3 is 4.43 Å². The summed E-state index contributed by atoms with van der Waals surface area (Å²) in [5, 5.41) is 2.65. The Morgan fingerprint density at radius 2 is 1.52 bits per heavy atom. The van der Waals surface area contributed by atoms with Crippen LogP contribution in [0.1, 0.15) is 54.4 Å². The highest BCUT2D eigenvalue weighted by Crippen LogP contribution is 2.44. The number of hydrogen-bond acceptors (Lipinski definition) is 2. The summed E-state index contributed by atoms with van der Waals surface area (Å²) < 4.78 is 22.6. The molecule has 1 aliphatic rings. The average Bonchev–Trinajstić information content (AvgIpc) is 3.51. The zero-order valence-electron chi connectivity index (χ0n) is 21.1. The van der Waals surface area contributed by atoms with Crippen molar-refractivity contribution >= 4 is 29.7 Å². The Bertz CT molecular complexity index is 894. The van der Waals surface area contributed by atoms with E-state index in [-0.39, 0.29) is 15.8 Å². The van der Waals surface area contributed by atoms with Crippen LogP contribution in [-0.4, -0.2) is 29.9 Å². The summed E-state index contributed by atoms with van der Waals surface area (Å²) in [6.45, 7) is 17.7. The summed E-state index contributed by atoms with van der Waals surface area (Å²) in [5.41, 5.74) is 0. The number of nitrogens with one attached hydrogen (secondary N) is 1. The van der Waals surface area contributed by atoms with Gasteiger partial charge in [0, 0.05) is 12.6 Å². The molecular formula is C28H41NO2SSi. The Morgan fingerprint density at radius 1 is 1.00 bits per heavy atom. The largest absolute Gasteiger partial charge is 0.407 e. The summed E-state index contributed by atoms with van der Waals surface area (Å²) in [7, 11) is -3.58. The lowest BCUT2D eigenvalue weighted by atomic mass is 10.1. The Kier molecular flexibility index (Phi) is 8.21. The van der Waals surface area contributed by atoms with Crippen molar-refractivity contribution < 1.29 is 8.63 Å². The van der Waals surface area contributed by atoms with Crippen molar-refractivity contribution in [1.29, 1.82) is 0 Å². The first-order chi connectivity index (χ1) is 15.5. The first-order valence-corrected chi connectivity index (χ1v) is 15.1. The van der Waals surface area contributed by atoms with Gasteiger partial charge in [0.25, 0.3) is 8.32 Å². The van der Waals surface area contributed by atoms with Gasteiger partial charge in [-0.05, 0) is 60.9 Å². The zero-order valence-corrected chi connectivity index (χ0v) is 23.0. The van der Waals surface area contributed by atoms with Gasteiger partial charge in [0.1, 0.15) is 0 Å². The molecule has 5 heteroatoms. The van der Waals surface area contributed by atoms with Gasteiger partial charge in [-0.1, -0.05) is 87.5 Å². The highest BCUT2D eigenvalue weighted by molar-refractivity contribution is 7.84. The van der Waals surface area contributed by atoms with Gasteiger partial charge in [-0.2, -0.15) is 0 Å². The van der Waals surface area contributed by atoms with E-state index in [4.69, 9.17) is 4.43 Å². The van der Waals surface area contributed by atoms with Crippen LogP contribution in [0.4, 0.5) is 0 Å². The van der Waals surface area contributed by atoms with Crippen LogP contribution in [0.3, 0.4) is 0 Å². The maximum atomic E-state index is 12.5. The Morgan fingerprint density at radius 3 is 1.94 bits per heavy atom. The number of rotatable bonds is 10. The molecule has 1 aliphatic carbocycles. The van der Waals surface area contributed by atoms with Crippen molar-refractivity contribution in [3.63, 3.8) is 0 Å². The molecule has 4 atom stereocenters. The lowest BCUT2D eigenvalue weighted by molar-refractivity contribution is 0.272. The molecular weight excluding hydrogens is 442 g/mol. The second-order valence-corrected chi connectivity index (χ2v) is 17.6. The normalized spacial score (nSPS) is 20.8. The van der Waals surface area contributed by atoms with Crippen LogP contribution in [0, 0.1) is 11.8 Å². The van der Waals surface area contributed by atoms with Gasteiger partial charge in [0.15, 0.2) is 0 Å². The lowest BCUT2D eigenvalue weighted by Crippen LogP contribution is -2.66. The third-order valence-corrected chi connectivity index (χ3v) is 13.3. The molecule has 0 heterocycles. The molecule has 1 N–H and O–H groups in total. The van der Waals surface area contributed by atoms with Crippen molar-refractivity contribution in [1.82, 2.24) is 4.72 Å². The summed E-state index contributed by atoms with van der Waals surface area (Å²) in [5.74, 6) is 1.12. The molecule has 0 spiro atoms. The predicted molar refractivity (Wildman–Crippen MR) is 145 cm³/mol. The lowest BCUT2D eigenvalue weighted by Gasteiger charge is -2.43. The maximum Gasteiger partial charge on any atom is 0.261 e. The Labute approximate surface area is 204 Å². The van der Waals surface area contributed by atoms with Gasteiger partial charge in [-0.25, -0.2) is 8.93 Å². The first kappa shape index (κ1) is 26.1. The minimum absolute atomic E-state index is 0.00505. The van der Waals surface area contributed by atoms with E-state index >= 15 is 0 Å². The maximum absolute atomic E-state index is 12.5. The molecule has 1 fully saturated rings. The number of benzene rings is 2. The van der Waals surface area contributed by atoms with Crippen molar-refractivity contribution in [2.45, 2.75) is 70.2 Å². The summed E-state index contributed by atoms with van der Waals surface area (Å²) in [6, 6.07) is 21.7. The topological polar surface area (TPSA) is 38.3 Å². The van der Waals surface area contributed by atoms with E-state index in [0.717, 1.165) is 19.4 Å². The second kappa shape index (κ2) is 10.4. The molecule has 0 aliphatic heterocycles. The average molecular weight is 484 g/mol. The van der Waals surface area contributed by atoms with Gasteiger partial charge in [0.2, 0.25) is 0 Å². The van der Waals surface area contributed by atoms with Crippen molar-refractivity contribution in [3.05, 3.63) is 73.3 Å². The van der Waals surface area contributed by atoms with Crippen LogP contribution < -0.4 is 15.1 Å². The van der Waals surface area contributed by atoms with Crippen LogP contribution in [0.15, 0.2) is 73.3 Å². The third-order valence-electron chi connectivity index (χ3n) is 6.66. The molecule has 0 aromatic heterocycles. The smallest absolute Gasteiger partial charge is 0.261 e. The highest BCUT2D eigenvalue weighted by Gasteiger charge is 2.51. The van der Waals surface area contributed by atoms with Crippen molar-refractivity contribution in [3.8, 4) is 0 Å². The molecule has 2 aromatic carbocycles. The molecule has 2 aromatic rings. The Balaban J connectivity index is 1.76. The zero-order chi connectivity index (χ0) is 24.3. The second-order valence-electron chi connectivity index (χ2n) is 11.3. The number of hydrogen-bond donors (Lipinski definition) is 1. The van der Waals surface area contributed by atoms with Crippen LogP contribution in [0.2, 0.25) is 5.04 Å². The fourth-order valence-corrected chi connectivity index (χ4v) is 10.1. The predicted octanol–water partition coefficient (Wildman–Crippen LogP) is 5.20. The van der Waals surface area contributed by atoms with Gasteiger partial charge >= 0.3 is 0 Å². The van der Waals surface area contributed by atoms with Crippen LogP contribution in [0.25, 0.3) is 0 Å². The van der Waals surface area contributed by atoms with Gasteiger partial charge in [-0.15, -0.1) is 6.58 Å².